The summed E-state index contributed by atoms with van der Waals surface area (Å²) in [7, 11) is 0. The average molecular weight is 263 g/mol. The number of rotatable bonds is 8. The second-order valence-electron chi connectivity index (χ2n) is 6.23. The molecule has 1 aliphatic rings. The Balaban J connectivity index is 2.01. The molecule has 1 unspecified atom stereocenters. The second-order valence-corrected chi connectivity index (χ2v) is 6.23. The summed E-state index contributed by atoms with van der Waals surface area (Å²) in [5, 5.41) is 8.44. The minimum Gasteiger partial charge on any atom is -0.313 e. The zero-order chi connectivity index (χ0) is 13.9. The monoisotopic (exact) mass is 263 g/mol. The fraction of sp³-hybridized carbons (Fsp3) is 0.812. The molecule has 2 rings (SSSR count). The van der Waals surface area contributed by atoms with E-state index in [0.717, 1.165) is 25.8 Å². The lowest BCUT2D eigenvalue weighted by Gasteiger charge is -2.23. The molecule has 1 atom stereocenters. The highest BCUT2D eigenvalue weighted by Gasteiger charge is 2.44. The van der Waals surface area contributed by atoms with Crippen molar-refractivity contribution in [2.75, 3.05) is 6.54 Å². The Morgan fingerprint density at radius 1 is 1.32 bits per heavy atom. The van der Waals surface area contributed by atoms with E-state index in [0.29, 0.717) is 17.5 Å². The van der Waals surface area contributed by atoms with Crippen LogP contribution in [0.4, 0.5) is 0 Å². The Kier molecular flexibility index (Phi) is 4.67. The maximum atomic E-state index is 4.79. The molecule has 3 nitrogen and oxygen atoms in total. The number of nitrogens with zero attached hydrogens (tertiary/aromatic N) is 2. The molecule has 1 fully saturated rings. The lowest BCUT2D eigenvalue weighted by Crippen LogP contribution is -2.38. The van der Waals surface area contributed by atoms with Crippen LogP contribution in [0.25, 0.3) is 0 Å². The molecule has 0 spiro atoms. The van der Waals surface area contributed by atoms with Crippen LogP contribution in [0.3, 0.4) is 0 Å². The largest absolute Gasteiger partial charge is 0.313 e. The van der Waals surface area contributed by atoms with Gasteiger partial charge in [-0.05, 0) is 43.7 Å². The maximum absolute atomic E-state index is 4.79. The van der Waals surface area contributed by atoms with Crippen molar-refractivity contribution < 1.29 is 0 Å². The zero-order valence-electron chi connectivity index (χ0n) is 12.9. The summed E-state index contributed by atoms with van der Waals surface area (Å²) in [6.45, 7) is 10.1. The SMILES string of the molecule is CCNC(Cc1ccn(C(CC)CC)n1)C1(C)CC1. The van der Waals surface area contributed by atoms with E-state index in [-0.39, 0.29) is 0 Å². The molecular formula is C16H29N3. The highest BCUT2D eigenvalue weighted by Crippen LogP contribution is 2.48. The number of aromatic nitrogens is 2. The average Bonchev–Trinajstić information content (AvgIpc) is 2.99. The second kappa shape index (κ2) is 6.08. The van der Waals surface area contributed by atoms with Gasteiger partial charge in [-0.1, -0.05) is 27.7 Å². The van der Waals surface area contributed by atoms with Gasteiger partial charge in [0.2, 0.25) is 0 Å². The van der Waals surface area contributed by atoms with Crippen molar-refractivity contribution in [3.63, 3.8) is 0 Å². The van der Waals surface area contributed by atoms with Crippen LogP contribution >= 0.6 is 0 Å². The molecule has 1 aliphatic carbocycles. The maximum Gasteiger partial charge on any atom is 0.0640 e. The smallest absolute Gasteiger partial charge is 0.0640 e. The zero-order valence-corrected chi connectivity index (χ0v) is 12.9. The molecular weight excluding hydrogens is 234 g/mol. The minimum atomic E-state index is 0.509. The highest BCUT2D eigenvalue weighted by atomic mass is 15.3. The van der Waals surface area contributed by atoms with Crippen LogP contribution < -0.4 is 5.32 Å². The Morgan fingerprint density at radius 3 is 2.53 bits per heavy atom. The third-order valence-electron chi connectivity index (χ3n) is 4.72. The molecule has 1 aromatic rings. The van der Waals surface area contributed by atoms with Gasteiger partial charge in [0.25, 0.3) is 0 Å². The van der Waals surface area contributed by atoms with Crippen LogP contribution in [0.15, 0.2) is 12.3 Å². The van der Waals surface area contributed by atoms with Crippen LogP contribution in [-0.4, -0.2) is 22.4 Å². The van der Waals surface area contributed by atoms with Gasteiger partial charge in [-0.25, -0.2) is 0 Å². The summed E-state index contributed by atoms with van der Waals surface area (Å²) in [6.07, 6.45) is 8.26. The molecule has 0 bridgehead atoms. The van der Waals surface area contributed by atoms with Crippen LogP contribution in [0.2, 0.25) is 0 Å². The molecule has 19 heavy (non-hydrogen) atoms. The van der Waals surface area contributed by atoms with Crippen molar-refractivity contribution in [2.24, 2.45) is 5.41 Å². The first-order valence-corrected chi connectivity index (χ1v) is 7.90. The number of hydrogen-bond acceptors (Lipinski definition) is 2. The fourth-order valence-corrected chi connectivity index (χ4v) is 2.92. The Hall–Kier alpha value is -0.830. The van der Waals surface area contributed by atoms with Gasteiger partial charge < -0.3 is 5.32 Å². The Bertz CT molecular complexity index is 388. The first kappa shape index (κ1) is 14.6. The minimum absolute atomic E-state index is 0.509. The van der Waals surface area contributed by atoms with Crippen LogP contribution in [-0.2, 0) is 6.42 Å². The predicted octanol–water partition coefficient (Wildman–Crippen LogP) is 3.56. The molecule has 3 heteroatoms. The Morgan fingerprint density at radius 2 is 2.00 bits per heavy atom. The Labute approximate surface area is 117 Å². The van der Waals surface area contributed by atoms with Crippen molar-refractivity contribution in [3.8, 4) is 0 Å². The molecule has 108 valence electrons. The predicted molar refractivity (Wildman–Crippen MR) is 80.4 cm³/mol. The molecule has 0 aliphatic heterocycles. The van der Waals surface area contributed by atoms with Crippen molar-refractivity contribution in [1.82, 2.24) is 15.1 Å². The third kappa shape index (κ3) is 3.38. The summed E-state index contributed by atoms with van der Waals surface area (Å²) in [5.41, 5.74) is 1.75. The lowest BCUT2D eigenvalue weighted by atomic mass is 9.94. The van der Waals surface area contributed by atoms with Gasteiger partial charge >= 0.3 is 0 Å². The lowest BCUT2D eigenvalue weighted by molar-refractivity contribution is 0.354. The van der Waals surface area contributed by atoms with E-state index >= 15 is 0 Å². The van der Waals surface area contributed by atoms with Crippen molar-refractivity contribution in [3.05, 3.63) is 18.0 Å². The van der Waals surface area contributed by atoms with Gasteiger partial charge in [0.1, 0.15) is 0 Å². The van der Waals surface area contributed by atoms with E-state index in [4.69, 9.17) is 5.10 Å². The van der Waals surface area contributed by atoms with Crippen LogP contribution in [0.1, 0.15) is 65.1 Å². The molecule has 0 aromatic carbocycles. The first-order valence-electron chi connectivity index (χ1n) is 7.90. The summed E-state index contributed by atoms with van der Waals surface area (Å²) < 4.78 is 2.16. The van der Waals surface area contributed by atoms with E-state index < -0.39 is 0 Å². The standard InChI is InChI=1S/C16H29N3/c1-5-14(6-2)19-11-8-13(18-19)12-15(17-7-3)16(4)9-10-16/h8,11,14-15,17H,5-7,9-10,12H2,1-4H3. The molecule has 1 heterocycles. The third-order valence-corrected chi connectivity index (χ3v) is 4.72. The highest BCUT2D eigenvalue weighted by molar-refractivity contribution is 5.08. The van der Waals surface area contributed by atoms with Crippen molar-refractivity contribution in [2.45, 2.75) is 71.9 Å². The van der Waals surface area contributed by atoms with Gasteiger partial charge in [-0.2, -0.15) is 5.10 Å². The summed E-state index contributed by atoms with van der Waals surface area (Å²) in [6, 6.07) is 3.35. The fourth-order valence-electron chi connectivity index (χ4n) is 2.92. The number of likely N-dealkylation sites (N-methyl/N-ethyl adjacent to an activating group) is 1. The summed E-state index contributed by atoms with van der Waals surface area (Å²) in [4.78, 5) is 0. The summed E-state index contributed by atoms with van der Waals surface area (Å²) >= 11 is 0. The molecule has 0 saturated heterocycles. The molecule has 0 radical (unpaired) electrons. The van der Waals surface area contributed by atoms with E-state index in [1.54, 1.807) is 0 Å². The molecule has 0 amide bonds. The molecule has 1 saturated carbocycles. The number of nitrogens with one attached hydrogen (secondary N) is 1. The molecule has 1 N–H and O–H groups in total. The first-order chi connectivity index (χ1) is 9.12. The van der Waals surface area contributed by atoms with Crippen LogP contribution in [0, 0.1) is 5.41 Å². The van der Waals surface area contributed by atoms with E-state index in [2.05, 4.69) is 50.0 Å². The van der Waals surface area contributed by atoms with Gasteiger partial charge in [-0.3, -0.25) is 4.68 Å². The van der Waals surface area contributed by atoms with Crippen molar-refractivity contribution >= 4 is 0 Å². The van der Waals surface area contributed by atoms with Crippen molar-refractivity contribution in [1.29, 1.82) is 0 Å². The quantitative estimate of drug-likeness (QED) is 0.777. The topological polar surface area (TPSA) is 29.9 Å². The van der Waals surface area contributed by atoms with Gasteiger partial charge in [0.05, 0.1) is 11.7 Å². The molecule has 1 aromatic heterocycles. The summed E-state index contributed by atoms with van der Waals surface area (Å²) in [5.74, 6) is 0. The van der Waals surface area contributed by atoms with E-state index in [1.807, 2.05) is 0 Å². The van der Waals surface area contributed by atoms with E-state index in [1.165, 1.54) is 18.5 Å². The van der Waals surface area contributed by atoms with E-state index in [9.17, 15) is 0 Å². The van der Waals surface area contributed by atoms with Gasteiger partial charge in [0.15, 0.2) is 0 Å². The van der Waals surface area contributed by atoms with Crippen LogP contribution in [0.5, 0.6) is 0 Å². The number of hydrogen-bond donors (Lipinski definition) is 1. The normalized spacial score (nSPS) is 18.8. The van der Waals surface area contributed by atoms with Gasteiger partial charge in [-0.15, -0.1) is 0 Å². The van der Waals surface area contributed by atoms with Gasteiger partial charge in [0, 0.05) is 18.7 Å².